The lowest BCUT2D eigenvalue weighted by Crippen LogP contribution is -2.23. The van der Waals surface area contributed by atoms with Crippen molar-refractivity contribution in [3.63, 3.8) is 0 Å². The van der Waals surface area contributed by atoms with Gasteiger partial charge in [0.15, 0.2) is 0 Å². The molecule has 2 aromatic rings. The Balaban J connectivity index is 2.20. The summed E-state index contributed by atoms with van der Waals surface area (Å²) >= 11 is 6.53. The second kappa shape index (κ2) is 5.56. The van der Waals surface area contributed by atoms with Gasteiger partial charge in [-0.05, 0) is 45.8 Å². The molecule has 0 unspecified atom stereocenters. The SMILES string of the molecule is O=S(=O)(NCc1cc[nH]c1)c1ccc(Br)cc1Br. The van der Waals surface area contributed by atoms with Crippen molar-refractivity contribution in [3.05, 3.63) is 51.2 Å². The maximum Gasteiger partial charge on any atom is 0.241 e. The van der Waals surface area contributed by atoms with Crippen LogP contribution in [0.1, 0.15) is 5.56 Å². The number of benzene rings is 1. The summed E-state index contributed by atoms with van der Waals surface area (Å²) < 4.78 is 28.1. The molecule has 0 aliphatic rings. The van der Waals surface area contributed by atoms with E-state index < -0.39 is 10.0 Å². The van der Waals surface area contributed by atoms with Crippen LogP contribution in [0.2, 0.25) is 0 Å². The van der Waals surface area contributed by atoms with Crippen LogP contribution in [0, 0.1) is 0 Å². The third-order valence-electron chi connectivity index (χ3n) is 2.31. The molecule has 2 rings (SSSR count). The quantitative estimate of drug-likeness (QED) is 0.838. The Morgan fingerprint density at radius 1 is 1.22 bits per heavy atom. The zero-order valence-corrected chi connectivity index (χ0v) is 13.1. The fourth-order valence-corrected chi connectivity index (χ4v) is 4.18. The van der Waals surface area contributed by atoms with Gasteiger partial charge in [0, 0.05) is 27.9 Å². The Morgan fingerprint density at radius 2 is 2.00 bits per heavy atom. The maximum absolute atomic E-state index is 12.1. The molecule has 0 fully saturated rings. The highest BCUT2D eigenvalue weighted by atomic mass is 79.9. The molecule has 4 nitrogen and oxygen atoms in total. The summed E-state index contributed by atoms with van der Waals surface area (Å²) in [6, 6.07) is 6.76. The molecule has 0 aliphatic heterocycles. The summed E-state index contributed by atoms with van der Waals surface area (Å²) in [6.07, 6.45) is 3.50. The fraction of sp³-hybridized carbons (Fsp3) is 0.0909. The summed E-state index contributed by atoms with van der Waals surface area (Å²) in [5, 5.41) is 0. The number of halogens is 2. The van der Waals surface area contributed by atoms with Gasteiger partial charge in [-0.3, -0.25) is 0 Å². The van der Waals surface area contributed by atoms with E-state index in [1.165, 1.54) is 0 Å². The first kappa shape index (κ1) is 13.8. The van der Waals surface area contributed by atoms with E-state index in [0.717, 1.165) is 10.0 Å². The minimum atomic E-state index is -3.52. The van der Waals surface area contributed by atoms with Gasteiger partial charge in [0.2, 0.25) is 10.0 Å². The van der Waals surface area contributed by atoms with Crippen LogP contribution in [0.4, 0.5) is 0 Å². The highest BCUT2D eigenvalue weighted by Gasteiger charge is 2.17. The first-order valence-corrected chi connectivity index (χ1v) is 8.12. The molecule has 0 saturated heterocycles. The van der Waals surface area contributed by atoms with Crippen LogP contribution in [0.5, 0.6) is 0 Å². The molecule has 1 aromatic carbocycles. The van der Waals surface area contributed by atoms with Crippen LogP contribution < -0.4 is 4.72 Å². The largest absolute Gasteiger partial charge is 0.367 e. The molecule has 0 bridgehead atoms. The van der Waals surface area contributed by atoms with E-state index in [1.807, 2.05) is 6.07 Å². The summed E-state index contributed by atoms with van der Waals surface area (Å²) in [5.74, 6) is 0. The van der Waals surface area contributed by atoms with Crippen molar-refractivity contribution in [3.8, 4) is 0 Å². The Labute approximate surface area is 122 Å². The highest BCUT2D eigenvalue weighted by molar-refractivity contribution is 9.11. The number of hydrogen-bond acceptors (Lipinski definition) is 2. The number of aromatic amines is 1. The topological polar surface area (TPSA) is 62.0 Å². The van der Waals surface area contributed by atoms with Gasteiger partial charge in [-0.25, -0.2) is 13.1 Å². The smallest absolute Gasteiger partial charge is 0.241 e. The van der Waals surface area contributed by atoms with Crippen molar-refractivity contribution in [2.75, 3.05) is 0 Å². The summed E-state index contributed by atoms with van der Waals surface area (Å²) in [4.78, 5) is 3.10. The van der Waals surface area contributed by atoms with Crippen LogP contribution in [0.3, 0.4) is 0 Å². The molecule has 0 amide bonds. The lowest BCUT2D eigenvalue weighted by atomic mass is 10.4. The lowest BCUT2D eigenvalue weighted by Gasteiger charge is -2.08. The molecule has 0 aliphatic carbocycles. The Kier molecular flexibility index (Phi) is 4.26. The van der Waals surface area contributed by atoms with Crippen molar-refractivity contribution in [2.24, 2.45) is 0 Å². The van der Waals surface area contributed by atoms with Gasteiger partial charge in [0.05, 0.1) is 4.90 Å². The minimum absolute atomic E-state index is 0.223. The molecule has 0 radical (unpaired) electrons. The van der Waals surface area contributed by atoms with Crippen molar-refractivity contribution in [1.82, 2.24) is 9.71 Å². The fourth-order valence-electron chi connectivity index (χ4n) is 1.42. The molecular formula is C11H10Br2N2O2S. The van der Waals surface area contributed by atoms with E-state index in [2.05, 4.69) is 41.6 Å². The first-order chi connectivity index (χ1) is 8.49. The third kappa shape index (κ3) is 3.23. The van der Waals surface area contributed by atoms with Gasteiger partial charge in [-0.1, -0.05) is 15.9 Å². The maximum atomic E-state index is 12.1. The van der Waals surface area contributed by atoms with E-state index in [-0.39, 0.29) is 11.4 Å². The number of nitrogens with one attached hydrogen (secondary N) is 2. The minimum Gasteiger partial charge on any atom is -0.367 e. The van der Waals surface area contributed by atoms with Crippen molar-refractivity contribution in [2.45, 2.75) is 11.4 Å². The predicted molar refractivity (Wildman–Crippen MR) is 76.7 cm³/mol. The molecule has 0 atom stereocenters. The second-order valence-electron chi connectivity index (χ2n) is 3.62. The molecular weight excluding hydrogens is 384 g/mol. The van der Waals surface area contributed by atoms with Crippen molar-refractivity contribution >= 4 is 41.9 Å². The van der Waals surface area contributed by atoms with E-state index in [0.29, 0.717) is 4.47 Å². The van der Waals surface area contributed by atoms with Crippen LogP contribution in [-0.4, -0.2) is 13.4 Å². The average molecular weight is 394 g/mol. The highest BCUT2D eigenvalue weighted by Crippen LogP contribution is 2.25. The monoisotopic (exact) mass is 392 g/mol. The standard InChI is InChI=1S/C11H10Br2N2O2S/c12-9-1-2-11(10(13)5-9)18(16,17)15-7-8-3-4-14-6-8/h1-6,14-15H,7H2. The van der Waals surface area contributed by atoms with Crippen molar-refractivity contribution in [1.29, 1.82) is 0 Å². The van der Waals surface area contributed by atoms with Gasteiger partial charge in [-0.2, -0.15) is 0 Å². The van der Waals surface area contributed by atoms with Gasteiger partial charge in [-0.15, -0.1) is 0 Å². The number of aromatic nitrogens is 1. The molecule has 1 heterocycles. The van der Waals surface area contributed by atoms with Crippen molar-refractivity contribution < 1.29 is 8.42 Å². The molecule has 2 N–H and O–H groups in total. The van der Waals surface area contributed by atoms with E-state index in [1.54, 1.807) is 30.6 Å². The predicted octanol–water partition coefficient (Wildman–Crippen LogP) is 3.02. The van der Waals surface area contributed by atoms with Gasteiger partial charge < -0.3 is 4.98 Å². The normalized spacial score (nSPS) is 11.7. The van der Waals surface area contributed by atoms with Crippen LogP contribution >= 0.6 is 31.9 Å². The number of hydrogen-bond donors (Lipinski definition) is 2. The van der Waals surface area contributed by atoms with Crippen LogP contribution in [0.15, 0.2) is 50.5 Å². The second-order valence-corrected chi connectivity index (χ2v) is 7.12. The third-order valence-corrected chi connectivity index (χ3v) is 5.18. The van der Waals surface area contributed by atoms with Crippen LogP contribution in [-0.2, 0) is 16.6 Å². The molecule has 0 spiro atoms. The molecule has 7 heteroatoms. The summed E-state index contributed by atoms with van der Waals surface area (Å²) in [6.45, 7) is 0.258. The molecule has 96 valence electrons. The Morgan fingerprint density at radius 3 is 2.61 bits per heavy atom. The number of rotatable bonds is 4. The summed E-state index contributed by atoms with van der Waals surface area (Å²) in [5.41, 5.74) is 0.881. The lowest BCUT2D eigenvalue weighted by molar-refractivity contribution is 0.581. The zero-order chi connectivity index (χ0) is 13.2. The Bertz CT molecular complexity index is 639. The number of sulfonamides is 1. The summed E-state index contributed by atoms with van der Waals surface area (Å²) in [7, 11) is -3.52. The van der Waals surface area contributed by atoms with Gasteiger partial charge >= 0.3 is 0 Å². The Hall–Kier alpha value is -0.630. The van der Waals surface area contributed by atoms with E-state index in [9.17, 15) is 8.42 Å². The molecule has 1 aromatic heterocycles. The van der Waals surface area contributed by atoms with Gasteiger partial charge in [0.25, 0.3) is 0 Å². The molecule has 0 saturated carbocycles. The molecule has 18 heavy (non-hydrogen) atoms. The van der Waals surface area contributed by atoms with E-state index in [4.69, 9.17) is 0 Å². The van der Waals surface area contributed by atoms with Gasteiger partial charge in [0.1, 0.15) is 0 Å². The average Bonchev–Trinajstić information content (AvgIpc) is 2.78. The van der Waals surface area contributed by atoms with E-state index >= 15 is 0 Å². The zero-order valence-electron chi connectivity index (χ0n) is 9.15. The number of H-pyrrole nitrogens is 1. The van der Waals surface area contributed by atoms with Crippen LogP contribution in [0.25, 0.3) is 0 Å². The first-order valence-electron chi connectivity index (χ1n) is 5.05.